The molecule has 0 saturated heterocycles. The minimum atomic E-state index is -0.0520. The highest BCUT2D eigenvalue weighted by Gasteiger charge is 2.21. The Kier molecular flexibility index (Phi) is 9.57. The van der Waals surface area contributed by atoms with Gasteiger partial charge in [-0.05, 0) is 111 Å². The van der Waals surface area contributed by atoms with E-state index in [4.69, 9.17) is 0 Å². The first-order valence-corrected chi connectivity index (χ1v) is 14.0. The molecule has 2 aromatic carbocycles. The third-order valence-electron chi connectivity index (χ3n) is 8.18. The molecule has 2 aliphatic carbocycles. The van der Waals surface area contributed by atoms with E-state index < -0.39 is 0 Å². The molecule has 35 heavy (non-hydrogen) atoms. The van der Waals surface area contributed by atoms with Crippen LogP contribution < -0.4 is 0 Å². The smallest absolute Gasteiger partial charge is 0.127 e. The van der Waals surface area contributed by atoms with Gasteiger partial charge in [-0.3, -0.25) is 0 Å². The Morgan fingerprint density at radius 1 is 0.857 bits per heavy atom. The van der Waals surface area contributed by atoms with Crippen molar-refractivity contribution in [2.24, 2.45) is 5.92 Å². The van der Waals surface area contributed by atoms with Crippen LogP contribution in [-0.4, -0.2) is 0 Å². The lowest BCUT2D eigenvalue weighted by Gasteiger charge is -2.27. The summed E-state index contributed by atoms with van der Waals surface area (Å²) in [5.41, 5.74) is 6.05. The fourth-order valence-electron chi connectivity index (χ4n) is 5.97. The fraction of sp³-hybridized carbons (Fsp3) is 0.471. The van der Waals surface area contributed by atoms with Gasteiger partial charge in [-0.15, -0.1) is 0 Å². The molecule has 2 aliphatic rings. The quantitative estimate of drug-likeness (QED) is 0.194. The van der Waals surface area contributed by atoms with Gasteiger partial charge in [0.15, 0.2) is 0 Å². The Bertz CT molecular complexity index is 1020. The monoisotopic (exact) mass is 470 g/mol. The minimum Gasteiger partial charge on any atom is -0.207 e. The molecule has 2 aromatic rings. The van der Waals surface area contributed by atoms with Crippen molar-refractivity contribution in [3.8, 4) is 0 Å². The Morgan fingerprint density at radius 2 is 1.60 bits per heavy atom. The standard InChI is InChI=1S/C34H43F/c1-3-5-6-8-27-15-22-32(23-16-27)33-24-17-29(25-34(33)35)10-9-28-13-20-31(21-14-28)30-18-11-26(7-4-2)12-19-30/h4,7,9-10,13-15,17,20-21,24-26,30,32H,3,5-6,8,11-12,16,18-19,22-23H2,1-2H3/b7-4+,10-9+. The zero-order chi connectivity index (χ0) is 24.5. The van der Waals surface area contributed by atoms with Crippen LogP contribution in [0.5, 0.6) is 0 Å². The van der Waals surface area contributed by atoms with Gasteiger partial charge in [0.2, 0.25) is 0 Å². The highest BCUT2D eigenvalue weighted by molar-refractivity contribution is 5.69. The molecule has 0 spiro atoms. The van der Waals surface area contributed by atoms with Crippen molar-refractivity contribution >= 4 is 12.2 Å². The largest absolute Gasteiger partial charge is 0.207 e. The van der Waals surface area contributed by atoms with E-state index in [2.05, 4.69) is 68.5 Å². The van der Waals surface area contributed by atoms with E-state index in [0.717, 1.165) is 36.3 Å². The van der Waals surface area contributed by atoms with E-state index in [0.29, 0.717) is 11.8 Å². The molecule has 1 atom stereocenters. The number of allylic oxidation sites excluding steroid dienone is 4. The lowest BCUT2D eigenvalue weighted by molar-refractivity contribution is 0.375. The first-order chi connectivity index (χ1) is 17.2. The van der Waals surface area contributed by atoms with Gasteiger partial charge in [0.1, 0.15) is 5.82 Å². The van der Waals surface area contributed by atoms with Gasteiger partial charge >= 0.3 is 0 Å². The number of hydrogen-bond acceptors (Lipinski definition) is 0. The molecule has 186 valence electrons. The first kappa shape index (κ1) is 25.7. The Labute approximate surface area is 213 Å². The van der Waals surface area contributed by atoms with E-state index >= 15 is 0 Å². The molecule has 0 heterocycles. The van der Waals surface area contributed by atoms with E-state index in [-0.39, 0.29) is 5.82 Å². The van der Waals surface area contributed by atoms with Crippen LogP contribution in [0.25, 0.3) is 12.2 Å². The number of halogens is 1. The zero-order valence-corrected chi connectivity index (χ0v) is 21.8. The predicted molar refractivity (Wildman–Crippen MR) is 150 cm³/mol. The Hall–Kier alpha value is -2.41. The minimum absolute atomic E-state index is 0.0520. The Morgan fingerprint density at radius 3 is 2.26 bits per heavy atom. The first-order valence-electron chi connectivity index (χ1n) is 14.0. The molecule has 0 bridgehead atoms. The third-order valence-corrected chi connectivity index (χ3v) is 8.18. The summed E-state index contributed by atoms with van der Waals surface area (Å²) in [7, 11) is 0. The molecule has 1 fully saturated rings. The van der Waals surface area contributed by atoms with Gasteiger partial charge in [0, 0.05) is 0 Å². The number of rotatable bonds is 9. The predicted octanol–water partition coefficient (Wildman–Crippen LogP) is 10.6. The average Bonchev–Trinajstić information content (AvgIpc) is 2.89. The molecule has 0 radical (unpaired) electrons. The molecule has 1 heteroatoms. The molecule has 0 nitrogen and oxygen atoms in total. The maximum atomic E-state index is 15.0. The molecule has 0 amide bonds. The van der Waals surface area contributed by atoms with Gasteiger partial charge in [0.25, 0.3) is 0 Å². The second kappa shape index (κ2) is 13.1. The average molecular weight is 471 g/mol. The molecular weight excluding hydrogens is 427 g/mol. The summed E-state index contributed by atoms with van der Waals surface area (Å²) in [6.45, 7) is 4.38. The maximum absolute atomic E-state index is 15.0. The summed E-state index contributed by atoms with van der Waals surface area (Å²) >= 11 is 0. The summed E-state index contributed by atoms with van der Waals surface area (Å²) in [6.07, 6.45) is 24.6. The summed E-state index contributed by atoms with van der Waals surface area (Å²) in [5, 5.41) is 0. The molecule has 0 aromatic heterocycles. The summed E-state index contributed by atoms with van der Waals surface area (Å²) in [5.74, 6) is 1.73. The molecule has 4 rings (SSSR count). The summed E-state index contributed by atoms with van der Waals surface area (Å²) < 4.78 is 15.0. The second-order valence-corrected chi connectivity index (χ2v) is 10.7. The van der Waals surface area contributed by atoms with Crippen molar-refractivity contribution in [1.29, 1.82) is 0 Å². The van der Waals surface area contributed by atoms with Crippen molar-refractivity contribution < 1.29 is 4.39 Å². The zero-order valence-electron chi connectivity index (χ0n) is 21.8. The van der Waals surface area contributed by atoms with Crippen LogP contribution in [0.1, 0.15) is 119 Å². The molecule has 0 aliphatic heterocycles. The van der Waals surface area contributed by atoms with Crippen LogP contribution in [-0.2, 0) is 0 Å². The number of unbranched alkanes of at least 4 members (excludes halogenated alkanes) is 2. The number of benzene rings is 2. The van der Waals surface area contributed by atoms with Gasteiger partial charge in [0.05, 0.1) is 0 Å². The van der Waals surface area contributed by atoms with Crippen LogP contribution >= 0.6 is 0 Å². The van der Waals surface area contributed by atoms with Crippen LogP contribution in [0, 0.1) is 11.7 Å². The highest BCUT2D eigenvalue weighted by atomic mass is 19.1. The molecule has 0 N–H and O–H groups in total. The summed E-state index contributed by atoms with van der Waals surface area (Å²) in [6, 6.07) is 14.8. The van der Waals surface area contributed by atoms with E-state index in [1.165, 1.54) is 62.5 Å². The van der Waals surface area contributed by atoms with Gasteiger partial charge in [-0.25, -0.2) is 4.39 Å². The van der Waals surface area contributed by atoms with Crippen molar-refractivity contribution in [3.05, 3.63) is 94.3 Å². The van der Waals surface area contributed by atoms with Gasteiger partial charge in [-0.2, -0.15) is 0 Å². The van der Waals surface area contributed by atoms with Crippen molar-refractivity contribution in [1.82, 2.24) is 0 Å². The SMILES string of the molecule is C/C=C/C1CCC(c2ccc(/C=C/c3ccc(C4CC=C(CCCCC)CC4)c(F)c3)cc2)CC1. The normalized spacial score (nSPS) is 23.2. The van der Waals surface area contributed by atoms with Crippen LogP contribution in [0.4, 0.5) is 4.39 Å². The lowest BCUT2D eigenvalue weighted by atomic mass is 9.78. The topological polar surface area (TPSA) is 0 Å². The van der Waals surface area contributed by atoms with Gasteiger partial charge in [-0.1, -0.05) is 92.1 Å². The van der Waals surface area contributed by atoms with Crippen LogP contribution in [0.2, 0.25) is 0 Å². The van der Waals surface area contributed by atoms with Crippen LogP contribution in [0.15, 0.2) is 66.3 Å². The van der Waals surface area contributed by atoms with Crippen molar-refractivity contribution in [2.75, 3.05) is 0 Å². The third kappa shape index (κ3) is 7.29. The fourth-order valence-corrected chi connectivity index (χ4v) is 5.97. The lowest BCUT2D eigenvalue weighted by Crippen LogP contribution is -2.11. The number of hydrogen-bond donors (Lipinski definition) is 0. The van der Waals surface area contributed by atoms with Gasteiger partial charge < -0.3 is 0 Å². The Balaban J connectivity index is 1.32. The van der Waals surface area contributed by atoms with Crippen molar-refractivity contribution in [2.45, 2.75) is 96.3 Å². The molecule has 1 saturated carbocycles. The second-order valence-electron chi connectivity index (χ2n) is 10.7. The summed E-state index contributed by atoms with van der Waals surface area (Å²) in [4.78, 5) is 0. The van der Waals surface area contributed by atoms with E-state index in [1.807, 2.05) is 12.1 Å². The van der Waals surface area contributed by atoms with E-state index in [1.54, 1.807) is 11.6 Å². The highest BCUT2D eigenvalue weighted by Crippen LogP contribution is 2.37. The van der Waals surface area contributed by atoms with Crippen LogP contribution in [0.3, 0.4) is 0 Å². The maximum Gasteiger partial charge on any atom is 0.127 e. The molecular formula is C34H43F. The van der Waals surface area contributed by atoms with E-state index in [9.17, 15) is 4.39 Å². The van der Waals surface area contributed by atoms with Crippen molar-refractivity contribution in [3.63, 3.8) is 0 Å². The molecule has 1 unspecified atom stereocenters.